The lowest BCUT2D eigenvalue weighted by atomic mass is 9.74. The summed E-state index contributed by atoms with van der Waals surface area (Å²) in [7, 11) is 0. The second-order valence-corrected chi connectivity index (χ2v) is 5.51. The van der Waals surface area contributed by atoms with Crippen LogP contribution in [0.4, 0.5) is 5.69 Å². The Kier molecular flexibility index (Phi) is 3.96. The molecule has 0 radical (unpaired) electrons. The Morgan fingerprint density at radius 3 is 2.58 bits per heavy atom. The van der Waals surface area contributed by atoms with Gasteiger partial charge in [-0.05, 0) is 31.6 Å². The summed E-state index contributed by atoms with van der Waals surface area (Å²) in [5, 5.41) is 13.5. The van der Waals surface area contributed by atoms with E-state index in [0.717, 1.165) is 17.8 Å². The Morgan fingerprint density at radius 2 is 2.00 bits per heavy atom. The van der Waals surface area contributed by atoms with Gasteiger partial charge in [0.25, 0.3) is 0 Å². The molecular formula is C16H22N2O. The maximum absolute atomic E-state index is 10.1. The summed E-state index contributed by atoms with van der Waals surface area (Å²) in [6, 6.07) is 9.86. The molecule has 0 aromatic heterocycles. The second-order valence-electron chi connectivity index (χ2n) is 5.51. The molecule has 0 bridgehead atoms. The smallest absolute Gasteiger partial charge is 0.0721 e. The number of anilines is 1. The summed E-state index contributed by atoms with van der Waals surface area (Å²) in [6.07, 6.45) is 6.29. The zero-order valence-corrected chi connectivity index (χ0v) is 11.5. The first kappa shape index (κ1) is 13.7. The van der Waals surface area contributed by atoms with Crippen LogP contribution in [0.15, 0.2) is 54.3 Å². The quantitative estimate of drug-likeness (QED) is 0.778. The molecular weight excluding hydrogens is 236 g/mol. The standard InChI is InChI=1S/C16H22N2O/c1-12(19)15(18-14-8-4-3-5-9-14)16(2)10-6-7-13(17)11-16/h3-10,12,15,18-19H,11,17H2,1-2H3. The molecule has 0 aliphatic heterocycles. The topological polar surface area (TPSA) is 58.3 Å². The SMILES string of the molecule is CC(O)C(Nc1ccccc1)C1(C)C=CC=C(N)C1. The van der Waals surface area contributed by atoms with Gasteiger partial charge in [0.05, 0.1) is 12.1 Å². The van der Waals surface area contributed by atoms with Crippen molar-refractivity contribution >= 4 is 5.69 Å². The lowest BCUT2D eigenvalue weighted by Gasteiger charge is -2.39. The fraction of sp³-hybridized carbons (Fsp3) is 0.375. The van der Waals surface area contributed by atoms with Crippen LogP contribution in [0.2, 0.25) is 0 Å². The number of rotatable bonds is 4. The first-order chi connectivity index (χ1) is 9.01. The van der Waals surface area contributed by atoms with Gasteiger partial charge in [0.15, 0.2) is 0 Å². The van der Waals surface area contributed by atoms with Crippen LogP contribution in [0.5, 0.6) is 0 Å². The molecule has 3 heteroatoms. The zero-order valence-electron chi connectivity index (χ0n) is 11.5. The predicted octanol–water partition coefficient (Wildman–Crippen LogP) is 2.66. The average Bonchev–Trinajstić information content (AvgIpc) is 2.36. The zero-order chi connectivity index (χ0) is 13.9. The van der Waals surface area contributed by atoms with E-state index in [-0.39, 0.29) is 11.5 Å². The van der Waals surface area contributed by atoms with Gasteiger partial charge in [-0.1, -0.05) is 37.3 Å². The van der Waals surface area contributed by atoms with E-state index in [1.165, 1.54) is 0 Å². The van der Waals surface area contributed by atoms with Crippen LogP contribution in [0.1, 0.15) is 20.3 Å². The van der Waals surface area contributed by atoms with Crippen molar-refractivity contribution in [2.24, 2.45) is 11.1 Å². The van der Waals surface area contributed by atoms with Crippen molar-refractivity contribution in [3.05, 3.63) is 54.3 Å². The Balaban J connectivity index is 2.21. The van der Waals surface area contributed by atoms with Gasteiger partial charge in [-0.25, -0.2) is 0 Å². The molecule has 19 heavy (non-hydrogen) atoms. The van der Waals surface area contributed by atoms with Crippen molar-refractivity contribution < 1.29 is 5.11 Å². The molecule has 0 amide bonds. The Morgan fingerprint density at radius 1 is 1.32 bits per heavy atom. The van der Waals surface area contributed by atoms with Crippen molar-refractivity contribution in [2.45, 2.75) is 32.4 Å². The fourth-order valence-corrected chi connectivity index (χ4v) is 2.71. The lowest BCUT2D eigenvalue weighted by Crippen LogP contribution is -2.46. The molecule has 3 unspecified atom stereocenters. The molecule has 0 heterocycles. The van der Waals surface area contributed by atoms with E-state index in [0.29, 0.717) is 0 Å². The van der Waals surface area contributed by atoms with Crippen LogP contribution in [-0.4, -0.2) is 17.3 Å². The molecule has 0 fully saturated rings. The Labute approximate surface area is 114 Å². The van der Waals surface area contributed by atoms with E-state index in [4.69, 9.17) is 5.73 Å². The van der Waals surface area contributed by atoms with Crippen molar-refractivity contribution in [3.63, 3.8) is 0 Å². The molecule has 0 saturated heterocycles. The lowest BCUT2D eigenvalue weighted by molar-refractivity contribution is 0.122. The molecule has 1 aromatic carbocycles. The van der Waals surface area contributed by atoms with Gasteiger partial charge in [0, 0.05) is 16.8 Å². The highest BCUT2D eigenvalue weighted by molar-refractivity contribution is 5.45. The largest absolute Gasteiger partial charge is 0.402 e. The van der Waals surface area contributed by atoms with Crippen molar-refractivity contribution in [2.75, 3.05) is 5.32 Å². The summed E-state index contributed by atoms with van der Waals surface area (Å²) in [6.45, 7) is 3.94. The van der Waals surface area contributed by atoms with Crippen molar-refractivity contribution in [3.8, 4) is 0 Å². The van der Waals surface area contributed by atoms with Gasteiger partial charge in [-0.15, -0.1) is 0 Å². The molecule has 1 aliphatic rings. The monoisotopic (exact) mass is 258 g/mol. The highest BCUT2D eigenvalue weighted by Crippen LogP contribution is 2.36. The van der Waals surface area contributed by atoms with Crippen LogP contribution in [0.3, 0.4) is 0 Å². The number of hydrogen-bond donors (Lipinski definition) is 3. The predicted molar refractivity (Wildman–Crippen MR) is 79.7 cm³/mol. The number of hydrogen-bond acceptors (Lipinski definition) is 3. The van der Waals surface area contributed by atoms with E-state index in [1.807, 2.05) is 49.4 Å². The minimum atomic E-state index is -0.472. The Bertz CT molecular complexity index is 479. The van der Waals surface area contributed by atoms with Gasteiger partial charge in [0.2, 0.25) is 0 Å². The number of aliphatic hydroxyl groups excluding tert-OH is 1. The normalized spacial score (nSPS) is 25.5. The second kappa shape index (κ2) is 5.49. The van der Waals surface area contributed by atoms with Crippen LogP contribution >= 0.6 is 0 Å². The van der Waals surface area contributed by atoms with Gasteiger partial charge in [0.1, 0.15) is 0 Å². The van der Waals surface area contributed by atoms with Gasteiger partial charge < -0.3 is 16.2 Å². The van der Waals surface area contributed by atoms with Crippen LogP contribution in [-0.2, 0) is 0 Å². The molecule has 4 N–H and O–H groups in total. The summed E-state index contributed by atoms with van der Waals surface area (Å²) in [4.78, 5) is 0. The number of allylic oxidation sites excluding steroid dienone is 3. The maximum Gasteiger partial charge on any atom is 0.0721 e. The molecule has 1 aliphatic carbocycles. The first-order valence-corrected chi connectivity index (χ1v) is 6.65. The molecule has 0 spiro atoms. The number of para-hydroxylation sites is 1. The van der Waals surface area contributed by atoms with Gasteiger partial charge >= 0.3 is 0 Å². The van der Waals surface area contributed by atoms with Crippen LogP contribution < -0.4 is 11.1 Å². The molecule has 102 valence electrons. The van der Waals surface area contributed by atoms with E-state index in [1.54, 1.807) is 0 Å². The number of benzene rings is 1. The molecule has 2 rings (SSSR count). The van der Waals surface area contributed by atoms with Crippen LogP contribution in [0.25, 0.3) is 0 Å². The van der Waals surface area contributed by atoms with E-state index in [9.17, 15) is 5.11 Å². The molecule has 1 aromatic rings. The van der Waals surface area contributed by atoms with Gasteiger partial charge in [-0.2, -0.15) is 0 Å². The maximum atomic E-state index is 10.1. The average molecular weight is 258 g/mol. The first-order valence-electron chi connectivity index (χ1n) is 6.65. The molecule has 3 nitrogen and oxygen atoms in total. The number of aliphatic hydroxyl groups is 1. The minimum Gasteiger partial charge on any atom is -0.402 e. The number of nitrogens with two attached hydrogens (primary N) is 1. The summed E-state index contributed by atoms with van der Waals surface area (Å²) < 4.78 is 0. The highest BCUT2D eigenvalue weighted by Gasteiger charge is 2.36. The third-order valence-electron chi connectivity index (χ3n) is 3.66. The molecule has 3 atom stereocenters. The summed E-state index contributed by atoms with van der Waals surface area (Å²) in [5.74, 6) is 0. The van der Waals surface area contributed by atoms with E-state index in [2.05, 4.69) is 18.3 Å². The Hall–Kier alpha value is -1.74. The summed E-state index contributed by atoms with van der Waals surface area (Å²) in [5.41, 5.74) is 7.61. The third-order valence-corrected chi connectivity index (χ3v) is 3.66. The van der Waals surface area contributed by atoms with Crippen molar-refractivity contribution in [1.82, 2.24) is 0 Å². The third kappa shape index (κ3) is 3.18. The van der Waals surface area contributed by atoms with E-state index < -0.39 is 6.10 Å². The molecule has 0 saturated carbocycles. The van der Waals surface area contributed by atoms with Crippen molar-refractivity contribution in [1.29, 1.82) is 0 Å². The van der Waals surface area contributed by atoms with Crippen LogP contribution in [0, 0.1) is 5.41 Å². The van der Waals surface area contributed by atoms with E-state index >= 15 is 0 Å². The van der Waals surface area contributed by atoms with Gasteiger partial charge in [-0.3, -0.25) is 0 Å². The fourth-order valence-electron chi connectivity index (χ4n) is 2.71. The number of nitrogens with one attached hydrogen (secondary N) is 1. The summed E-state index contributed by atoms with van der Waals surface area (Å²) >= 11 is 0. The highest BCUT2D eigenvalue weighted by atomic mass is 16.3. The minimum absolute atomic E-state index is 0.0848.